The van der Waals surface area contributed by atoms with E-state index in [2.05, 4.69) is 15.4 Å². The number of nitro benzene ring substituents is 1. The second-order valence-electron chi connectivity index (χ2n) is 6.60. The molecule has 3 rings (SSSR count). The summed E-state index contributed by atoms with van der Waals surface area (Å²) in [4.78, 5) is 22.8. The van der Waals surface area contributed by atoms with Gasteiger partial charge in [0, 0.05) is 30.4 Å². The van der Waals surface area contributed by atoms with E-state index in [0.717, 1.165) is 12.1 Å². The van der Waals surface area contributed by atoms with Crippen LogP contribution in [0.2, 0.25) is 0 Å². The Morgan fingerprint density at radius 3 is 2.41 bits per heavy atom. The van der Waals surface area contributed by atoms with Crippen LogP contribution in [0.5, 0.6) is 0 Å². The number of nitrogens with zero attached hydrogens (tertiary/aromatic N) is 1. The number of sulfonamides is 1. The average Bonchev–Trinajstić information content (AvgIpc) is 2.78. The zero-order chi connectivity index (χ0) is 23.1. The van der Waals surface area contributed by atoms with Crippen molar-refractivity contribution in [3.63, 3.8) is 0 Å². The number of carbonyl (C=O) groups excluding carboxylic acids is 1. The van der Waals surface area contributed by atoms with Crippen LogP contribution in [0, 0.1) is 15.9 Å². The third-order valence-electron chi connectivity index (χ3n) is 4.33. The van der Waals surface area contributed by atoms with Gasteiger partial charge in [-0.1, -0.05) is 18.2 Å². The maximum atomic E-state index is 13.0. The Labute approximate surface area is 183 Å². The maximum absolute atomic E-state index is 13.0. The van der Waals surface area contributed by atoms with Gasteiger partial charge in [0.05, 0.1) is 9.82 Å². The van der Waals surface area contributed by atoms with Crippen molar-refractivity contribution in [2.24, 2.45) is 0 Å². The van der Waals surface area contributed by atoms with Crippen molar-refractivity contribution in [1.82, 2.24) is 5.32 Å². The summed E-state index contributed by atoms with van der Waals surface area (Å²) >= 11 is 0. The number of hydrogen-bond donors (Lipinski definition) is 3. The molecule has 0 aliphatic heterocycles. The van der Waals surface area contributed by atoms with Crippen LogP contribution in [-0.2, 0) is 10.0 Å². The molecule has 0 radical (unpaired) electrons. The molecule has 0 heterocycles. The number of halogens is 1. The highest BCUT2D eigenvalue weighted by atomic mass is 32.2. The molecule has 0 saturated carbocycles. The summed E-state index contributed by atoms with van der Waals surface area (Å²) in [6.45, 7) is 0.371. The first kappa shape index (κ1) is 22.7. The zero-order valence-electron chi connectivity index (χ0n) is 16.6. The third-order valence-corrected chi connectivity index (χ3v) is 5.71. The van der Waals surface area contributed by atoms with Gasteiger partial charge in [0.15, 0.2) is 0 Å². The Hall–Kier alpha value is -3.99. The molecule has 0 aliphatic rings. The van der Waals surface area contributed by atoms with Crippen molar-refractivity contribution in [2.45, 2.75) is 4.90 Å². The van der Waals surface area contributed by atoms with Crippen molar-refractivity contribution in [3.8, 4) is 0 Å². The lowest BCUT2D eigenvalue weighted by atomic mass is 10.2. The molecule has 11 heteroatoms. The fraction of sp³-hybridized carbons (Fsp3) is 0.0952. The second kappa shape index (κ2) is 9.88. The van der Waals surface area contributed by atoms with Crippen LogP contribution in [0.1, 0.15) is 10.4 Å². The van der Waals surface area contributed by atoms with Crippen LogP contribution in [0.25, 0.3) is 0 Å². The lowest BCUT2D eigenvalue weighted by Crippen LogP contribution is -2.29. The van der Waals surface area contributed by atoms with E-state index in [1.54, 1.807) is 18.2 Å². The number of nitrogens with one attached hydrogen (secondary N) is 3. The molecule has 3 N–H and O–H groups in total. The standard InChI is InChI=1S/C21H19FN4O5S/c22-16-8-10-17(11-9-16)25-32(30,31)18-5-3-4-15(14-18)21(27)24-13-12-23-19-6-1-2-7-20(19)26(28)29/h1-11,14,23,25H,12-13H2,(H,24,27). The molecular weight excluding hydrogens is 439 g/mol. The minimum atomic E-state index is -3.98. The first-order valence-corrected chi connectivity index (χ1v) is 10.9. The Morgan fingerprint density at radius 1 is 0.969 bits per heavy atom. The van der Waals surface area contributed by atoms with E-state index < -0.39 is 26.7 Å². The van der Waals surface area contributed by atoms with Crippen LogP contribution in [0.3, 0.4) is 0 Å². The van der Waals surface area contributed by atoms with Crippen molar-refractivity contribution in [1.29, 1.82) is 0 Å². The van der Waals surface area contributed by atoms with Crippen molar-refractivity contribution < 1.29 is 22.5 Å². The predicted molar refractivity (Wildman–Crippen MR) is 118 cm³/mol. The molecule has 0 bridgehead atoms. The van der Waals surface area contributed by atoms with Gasteiger partial charge in [0.25, 0.3) is 21.6 Å². The first-order chi connectivity index (χ1) is 15.3. The van der Waals surface area contributed by atoms with E-state index in [4.69, 9.17) is 0 Å². The van der Waals surface area contributed by atoms with Crippen LogP contribution < -0.4 is 15.4 Å². The highest BCUT2D eigenvalue weighted by Crippen LogP contribution is 2.22. The SMILES string of the molecule is O=C(NCCNc1ccccc1[N+](=O)[O-])c1cccc(S(=O)(=O)Nc2ccc(F)cc2)c1. The number of nitro groups is 1. The van der Waals surface area contributed by atoms with Gasteiger partial charge in [-0.2, -0.15) is 0 Å². The Bertz CT molecular complexity index is 1230. The number of hydrogen-bond acceptors (Lipinski definition) is 6. The van der Waals surface area contributed by atoms with Crippen molar-refractivity contribution in [2.75, 3.05) is 23.1 Å². The smallest absolute Gasteiger partial charge is 0.292 e. The molecule has 32 heavy (non-hydrogen) atoms. The number of carbonyl (C=O) groups is 1. The largest absolute Gasteiger partial charge is 0.378 e. The average molecular weight is 458 g/mol. The normalized spacial score (nSPS) is 10.9. The summed E-state index contributed by atoms with van der Waals surface area (Å²) in [6, 6.07) is 16.4. The quantitative estimate of drug-likeness (QED) is 0.256. The summed E-state index contributed by atoms with van der Waals surface area (Å²) in [5, 5.41) is 16.5. The molecule has 166 valence electrons. The molecule has 1 amide bonds. The molecule has 0 unspecified atom stereocenters. The number of anilines is 2. The zero-order valence-corrected chi connectivity index (χ0v) is 17.4. The lowest BCUT2D eigenvalue weighted by molar-refractivity contribution is -0.384. The van der Waals surface area contributed by atoms with Gasteiger partial charge in [-0.3, -0.25) is 19.6 Å². The summed E-state index contributed by atoms with van der Waals surface area (Å²) in [7, 11) is -3.98. The molecule has 9 nitrogen and oxygen atoms in total. The number of benzene rings is 3. The molecule has 0 fully saturated rings. The number of rotatable bonds is 9. The number of amides is 1. The topological polar surface area (TPSA) is 130 Å². The molecule has 0 atom stereocenters. The van der Waals surface area contributed by atoms with E-state index in [1.165, 1.54) is 42.5 Å². The Balaban J connectivity index is 1.60. The minimum Gasteiger partial charge on any atom is -0.378 e. The minimum absolute atomic E-state index is 0.0783. The van der Waals surface area contributed by atoms with Crippen LogP contribution >= 0.6 is 0 Å². The van der Waals surface area contributed by atoms with E-state index in [-0.39, 0.29) is 34.9 Å². The molecular formula is C21H19FN4O5S. The van der Waals surface area contributed by atoms with E-state index >= 15 is 0 Å². The summed E-state index contributed by atoms with van der Waals surface area (Å²) in [6.07, 6.45) is 0. The van der Waals surface area contributed by atoms with Gasteiger partial charge in [0.2, 0.25) is 0 Å². The fourth-order valence-corrected chi connectivity index (χ4v) is 3.90. The monoisotopic (exact) mass is 458 g/mol. The van der Waals surface area contributed by atoms with E-state index in [9.17, 15) is 27.7 Å². The Morgan fingerprint density at radius 2 is 1.69 bits per heavy atom. The van der Waals surface area contributed by atoms with Crippen LogP contribution in [0.15, 0.2) is 77.7 Å². The molecule has 3 aromatic carbocycles. The van der Waals surface area contributed by atoms with Crippen molar-refractivity contribution in [3.05, 3.63) is 94.3 Å². The summed E-state index contributed by atoms with van der Waals surface area (Å²) in [5.74, 6) is -1.00. The van der Waals surface area contributed by atoms with Gasteiger partial charge in [-0.05, 0) is 48.5 Å². The van der Waals surface area contributed by atoms with E-state index in [0.29, 0.717) is 5.69 Å². The molecule has 0 aromatic heterocycles. The van der Waals surface area contributed by atoms with Crippen LogP contribution in [0.4, 0.5) is 21.5 Å². The van der Waals surface area contributed by atoms with Gasteiger partial charge < -0.3 is 10.6 Å². The number of para-hydroxylation sites is 2. The predicted octanol–water partition coefficient (Wildman–Crippen LogP) is 3.38. The molecule has 3 aromatic rings. The van der Waals surface area contributed by atoms with Crippen LogP contribution in [-0.4, -0.2) is 32.3 Å². The molecule has 0 spiro atoms. The summed E-state index contributed by atoms with van der Waals surface area (Å²) < 4.78 is 40.5. The summed E-state index contributed by atoms with van der Waals surface area (Å²) in [5.41, 5.74) is 0.553. The van der Waals surface area contributed by atoms with Crippen molar-refractivity contribution >= 4 is 33.0 Å². The first-order valence-electron chi connectivity index (χ1n) is 9.40. The molecule has 0 aliphatic carbocycles. The highest BCUT2D eigenvalue weighted by Gasteiger charge is 2.17. The lowest BCUT2D eigenvalue weighted by Gasteiger charge is -2.11. The van der Waals surface area contributed by atoms with Gasteiger partial charge >= 0.3 is 0 Å². The Kier molecular flexibility index (Phi) is 7.00. The second-order valence-corrected chi connectivity index (χ2v) is 8.28. The van der Waals surface area contributed by atoms with Gasteiger partial charge in [0.1, 0.15) is 11.5 Å². The van der Waals surface area contributed by atoms with E-state index in [1.807, 2.05) is 0 Å². The fourth-order valence-electron chi connectivity index (χ4n) is 2.79. The third kappa shape index (κ3) is 5.79. The highest BCUT2D eigenvalue weighted by molar-refractivity contribution is 7.92. The van der Waals surface area contributed by atoms with Gasteiger partial charge in [-0.25, -0.2) is 12.8 Å². The maximum Gasteiger partial charge on any atom is 0.292 e. The molecule has 0 saturated heterocycles. The van der Waals surface area contributed by atoms with Gasteiger partial charge in [-0.15, -0.1) is 0 Å².